The number of anilines is 1. The SMILES string of the molecule is Cc1ccc(S(=O)(=O)C[C@@H](C)N2CCN(c3cc(C)ccc3C)CC2)cc1. The van der Waals surface area contributed by atoms with Crippen LogP contribution in [0.3, 0.4) is 0 Å². The van der Waals surface area contributed by atoms with Crippen molar-refractivity contribution in [3.63, 3.8) is 0 Å². The third-order valence-electron chi connectivity index (χ3n) is 5.48. The van der Waals surface area contributed by atoms with Crippen molar-refractivity contribution >= 4 is 15.5 Å². The first-order valence-corrected chi connectivity index (χ1v) is 11.3. The van der Waals surface area contributed by atoms with Gasteiger partial charge in [0.2, 0.25) is 0 Å². The zero-order chi connectivity index (χ0) is 19.6. The van der Waals surface area contributed by atoms with Crippen molar-refractivity contribution in [2.24, 2.45) is 0 Å². The zero-order valence-electron chi connectivity index (χ0n) is 16.8. The molecule has 0 bridgehead atoms. The predicted molar refractivity (Wildman–Crippen MR) is 112 cm³/mol. The second-order valence-electron chi connectivity index (χ2n) is 7.76. The molecule has 2 aromatic carbocycles. The molecule has 1 atom stereocenters. The molecular formula is C22H30N2O2S. The molecule has 5 heteroatoms. The van der Waals surface area contributed by atoms with Gasteiger partial charge in [-0.25, -0.2) is 8.42 Å². The van der Waals surface area contributed by atoms with Crippen LogP contribution in [0.15, 0.2) is 47.4 Å². The molecule has 2 aromatic rings. The number of nitrogens with zero attached hydrogens (tertiary/aromatic N) is 2. The molecule has 146 valence electrons. The van der Waals surface area contributed by atoms with E-state index < -0.39 is 9.84 Å². The summed E-state index contributed by atoms with van der Waals surface area (Å²) >= 11 is 0. The van der Waals surface area contributed by atoms with Crippen molar-refractivity contribution in [2.75, 3.05) is 36.8 Å². The van der Waals surface area contributed by atoms with Gasteiger partial charge in [0.25, 0.3) is 0 Å². The summed E-state index contributed by atoms with van der Waals surface area (Å²) in [7, 11) is -3.26. The molecule has 0 saturated carbocycles. The fourth-order valence-electron chi connectivity index (χ4n) is 3.73. The fraction of sp³-hybridized carbons (Fsp3) is 0.455. The fourth-order valence-corrected chi connectivity index (χ4v) is 5.32. The smallest absolute Gasteiger partial charge is 0.179 e. The van der Waals surface area contributed by atoms with E-state index in [4.69, 9.17) is 0 Å². The molecule has 0 radical (unpaired) electrons. The van der Waals surface area contributed by atoms with Crippen molar-refractivity contribution < 1.29 is 8.42 Å². The van der Waals surface area contributed by atoms with E-state index in [9.17, 15) is 8.42 Å². The van der Waals surface area contributed by atoms with E-state index >= 15 is 0 Å². The average molecular weight is 387 g/mol. The lowest BCUT2D eigenvalue weighted by molar-refractivity contribution is 0.211. The van der Waals surface area contributed by atoms with Gasteiger partial charge in [-0.15, -0.1) is 0 Å². The molecule has 0 N–H and O–H groups in total. The largest absolute Gasteiger partial charge is 0.369 e. The van der Waals surface area contributed by atoms with E-state index in [-0.39, 0.29) is 11.8 Å². The van der Waals surface area contributed by atoms with E-state index in [2.05, 4.69) is 41.8 Å². The van der Waals surface area contributed by atoms with Gasteiger partial charge in [0.15, 0.2) is 9.84 Å². The molecular weight excluding hydrogens is 356 g/mol. The summed E-state index contributed by atoms with van der Waals surface area (Å²) in [5.41, 5.74) is 4.94. The van der Waals surface area contributed by atoms with Crippen LogP contribution in [0.4, 0.5) is 5.69 Å². The summed E-state index contributed by atoms with van der Waals surface area (Å²) in [6, 6.07) is 13.7. The molecule has 0 amide bonds. The maximum atomic E-state index is 12.7. The standard InChI is InChI=1S/C22H30N2O2S/c1-17-6-9-21(10-7-17)27(25,26)16-20(4)23-11-13-24(14-12-23)22-15-18(2)5-8-19(22)3/h5-10,15,20H,11-14,16H2,1-4H3/t20-/m1/s1. The number of piperazine rings is 1. The number of hydrogen-bond donors (Lipinski definition) is 0. The molecule has 1 aliphatic heterocycles. The second-order valence-corrected chi connectivity index (χ2v) is 9.79. The minimum absolute atomic E-state index is 0.0112. The van der Waals surface area contributed by atoms with Crippen LogP contribution in [0.25, 0.3) is 0 Å². The van der Waals surface area contributed by atoms with Gasteiger partial charge < -0.3 is 4.90 Å². The first-order chi connectivity index (χ1) is 12.8. The molecule has 1 aliphatic rings. The highest BCUT2D eigenvalue weighted by atomic mass is 32.2. The van der Waals surface area contributed by atoms with Gasteiger partial charge in [-0.05, 0) is 57.0 Å². The lowest BCUT2D eigenvalue weighted by Gasteiger charge is -2.39. The Morgan fingerprint density at radius 3 is 2.11 bits per heavy atom. The number of sulfone groups is 1. The molecule has 1 fully saturated rings. The van der Waals surface area contributed by atoms with E-state index in [1.165, 1.54) is 16.8 Å². The second kappa shape index (κ2) is 8.03. The van der Waals surface area contributed by atoms with Gasteiger partial charge in [0.05, 0.1) is 10.6 Å². The molecule has 1 heterocycles. The van der Waals surface area contributed by atoms with Crippen LogP contribution in [0.5, 0.6) is 0 Å². The van der Waals surface area contributed by atoms with Crippen LogP contribution in [0.2, 0.25) is 0 Å². The Hall–Kier alpha value is -1.85. The molecule has 27 heavy (non-hydrogen) atoms. The Labute approximate surface area is 163 Å². The topological polar surface area (TPSA) is 40.6 Å². The summed E-state index contributed by atoms with van der Waals surface area (Å²) in [5.74, 6) is 0.166. The predicted octanol–water partition coefficient (Wildman–Crippen LogP) is 3.60. The molecule has 0 aliphatic carbocycles. The number of rotatable bonds is 5. The molecule has 0 aromatic heterocycles. The van der Waals surface area contributed by atoms with Gasteiger partial charge in [-0.3, -0.25) is 4.90 Å². The monoisotopic (exact) mass is 386 g/mol. The number of hydrogen-bond acceptors (Lipinski definition) is 4. The van der Waals surface area contributed by atoms with Gasteiger partial charge in [-0.2, -0.15) is 0 Å². The Morgan fingerprint density at radius 1 is 0.889 bits per heavy atom. The maximum Gasteiger partial charge on any atom is 0.179 e. The summed E-state index contributed by atoms with van der Waals surface area (Å²) < 4.78 is 25.5. The first kappa shape index (κ1) is 19.9. The van der Waals surface area contributed by atoms with Crippen LogP contribution in [0, 0.1) is 20.8 Å². The normalized spacial score (nSPS) is 17.1. The van der Waals surface area contributed by atoms with E-state index in [0.717, 1.165) is 31.7 Å². The van der Waals surface area contributed by atoms with Crippen molar-refractivity contribution in [1.29, 1.82) is 0 Å². The number of aryl methyl sites for hydroxylation is 3. The molecule has 3 rings (SSSR count). The summed E-state index contributed by atoms with van der Waals surface area (Å²) in [4.78, 5) is 5.14. The lowest BCUT2D eigenvalue weighted by atomic mass is 10.1. The van der Waals surface area contributed by atoms with Gasteiger partial charge >= 0.3 is 0 Å². The van der Waals surface area contributed by atoms with Crippen molar-refractivity contribution in [2.45, 2.75) is 38.6 Å². The lowest BCUT2D eigenvalue weighted by Crippen LogP contribution is -2.51. The Kier molecular flexibility index (Phi) is 5.92. The Morgan fingerprint density at radius 2 is 1.48 bits per heavy atom. The van der Waals surface area contributed by atoms with Crippen LogP contribution >= 0.6 is 0 Å². The van der Waals surface area contributed by atoms with Crippen molar-refractivity contribution in [1.82, 2.24) is 4.90 Å². The quantitative estimate of drug-likeness (QED) is 0.787. The van der Waals surface area contributed by atoms with Gasteiger partial charge in [0.1, 0.15) is 0 Å². The highest BCUT2D eigenvalue weighted by molar-refractivity contribution is 7.91. The van der Waals surface area contributed by atoms with Crippen LogP contribution in [-0.4, -0.2) is 51.3 Å². The van der Waals surface area contributed by atoms with Crippen LogP contribution < -0.4 is 4.90 Å². The highest BCUT2D eigenvalue weighted by Gasteiger charge is 2.26. The zero-order valence-corrected chi connectivity index (χ0v) is 17.6. The van der Waals surface area contributed by atoms with Crippen LogP contribution in [-0.2, 0) is 9.84 Å². The molecule has 0 spiro atoms. The minimum atomic E-state index is -3.26. The first-order valence-electron chi connectivity index (χ1n) is 9.62. The third kappa shape index (κ3) is 4.71. The average Bonchev–Trinajstić information content (AvgIpc) is 2.64. The molecule has 4 nitrogen and oxygen atoms in total. The Bertz CT molecular complexity index is 883. The molecule has 1 saturated heterocycles. The van der Waals surface area contributed by atoms with Crippen molar-refractivity contribution in [3.8, 4) is 0 Å². The summed E-state index contributed by atoms with van der Waals surface area (Å²) in [6.45, 7) is 11.9. The highest BCUT2D eigenvalue weighted by Crippen LogP contribution is 2.24. The van der Waals surface area contributed by atoms with Crippen molar-refractivity contribution in [3.05, 3.63) is 59.2 Å². The summed E-state index contributed by atoms with van der Waals surface area (Å²) in [5, 5.41) is 0. The Balaban J connectivity index is 1.62. The minimum Gasteiger partial charge on any atom is -0.369 e. The summed E-state index contributed by atoms with van der Waals surface area (Å²) in [6.07, 6.45) is 0. The van der Waals surface area contributed by atoms with E-state index in [0.29, 0.717) is 4.90 Å². The molecule has 0 unspecified atom stereocenters. The van der Waals surface area contributed by atoms with Gasteiger partial charge in [0, 0.05) is 37.9 Å². The third-order valence-corrected chi connectivity index (χ3v) is 7.40. The van der Waals surface area contributed by atoms with Gasteiger partial charge in [-0.1, -0.05) is 29.8 Å². The van der Waals surface area contributed by atoms with E-state index in [1.807, 2.05) is 26.0 Å². The van der Waals surface area contributed by atoms with E-state index in [1.54, 1.807) is 12.1 Å². The maximum absolute atomic E-state index is 12.7. The van der Waals surface area contributed by atoms with Crippen LogP contribution in [0.1, 0.15) is 23.6 Å². The number of benzene rings is 2.